The fourth-order valence-electron chi connectivity index (χ4n) is 3.87. The third kappa shape index (κ3) is 3.16. The van der Waals surface area contributed by atoms with Crippen LogP contribution in [0.5, 0.6) is 0 Å². The lowest BCUT2D eigenvalue weighted by Gasteiger charge is -2.31. The summed E-state index contributed by atoms with van der Waals surface area (Å²) in [5.74, 6) is 1.33. The zero-order valence-corrected chi connectivity index (χ0v) is 14.2. The Bertz CT molecular complexity index is 739. The zero-order chi connectivity index (χ0) is 17.3. The van der Waals surface area contributed by atoms with Crippen molar-refractivity contribution in [2.75, 3.05) is 13.1 Å². The molecule has 0 aromatic carbocycles. The van der Waals surface area contributed by atoms with E-state index in [-0.39, 0.29) is 11.8 Å². The number of nitrogens with zero attached hydrogens (tertiary/aromatic N) is 4. The van der Waals surface area contributed by atoms with Crippen LogP contribution in [0, 0.1) is 0 Å². The SMILES string of the molecule is NC1(c2noc(C3CCCN(C(=O)c4ccncc4)C3)n2)CCCC1. The molecule has 7 nitrogen and oxygen atoms in total. The van der Waals surface area contributed by atoms with Gasteiger partial charge in [0.1, 0.15) is 0 Å². The second-order valence-corrected chi connectivity index (χ2v) is 7.15. The number of carbonyl (C=O) groups is 1. The summed E-state index contributed by atoms with van der Waals surface area (Å²) in [5, 5.41) is 4.15. The molecule has 1 aliphatic heterocycles. The molecule has 2 fully saturated rings. The van der Waals surface area contributed by atoms with Crippen LogP contribution in [0.2, 0.25) is 0 Å². The Labute approximate surface area is 146 Å². The Morgan fingerprint density at radius 1 is 1.24 bits per heavy atom. The number of amides is 1. The first-order valence-electron chi connectivity index (χ1n) is 8.98. The summed E-state index contributed by atoms with van der Waals surface area (Å²) in [6.45, 7) is 1.35. The molecular weight excluding hydrogens is 318 g/mol. The summed E-state index contributed by atoms with van der Waals surface area (Å²) in [5.41, 5.74) is 6.64. The van der Waals surface area contributed by atoms with Crippen molar-refractivity contribution in [2.45, 2.75) is 50.0 Å². The van der Waals surface area contributed by atoms with Gasteiger partial charge in [-0.1, -0.05) is 18.0 Å². The maximum atomic E-state index is 12.7. The summed E-state index contributed by atoms with van der Waals surface area (Å²) in [4.78, 5) is 23.1. The van der Waals surface area contributed by atoms with Crippen LogP contribution in [0.15, 0.2) is 29.0 Å². The lowest BCUT2D eigenvalue weighted by Crippen LogP contribution is -2.39. The highest BCUT2D eigenvalue weighted by Gasteiger charge is 2.37. The molecule has 1 aliphatic carbocycles. The Morgan fingerprint density at radius 2 is 2.00 bits per heavy atom. The highest BCUT2D eigenvalue weighted by Crippen LogP contribution is 2.36. The summed E-state index contributed by atoms with van der Waals surface area (Å²) < 4.78 is 5.53. The van der Waals surface area contributed by atoms with Crippen molar-refractivity contribution >= 4 is 5.91 Å². The maximum Gasteiger partial charge on any atom is 0.253 e. The molecule has 1 saturated heterocycles. The standard InChI is InChI=1S/C18H23N5O2/c19-18(7-1-2-8-18)17-21-15(25-22-17)14-4-3-11-23(12-14)16(24)13-5-9-20-10-6-13/h5-6,9-10,14H,1-4,7-8,11-12,19H2. The van der Waals surface area contributed by atoms with Crippen LogP contribution < -0.4 is 5.73 Å². The Kier molecular flexibility index (Phi) is 4.25. The van der Waals surface area contributed by atoms with Crippen molar-refractivity contribution in [3.63, 3.8) is 0 Å². The molecule has 2 N–H and O–H groups in total. The number of hydrogen-bond acceptors (Lipinski definition) is 6. The van der Waals surface area contributed by atoms with Gasteiger partial charge in [0.15, 0.2) is 5.82 Å². The first kappa shape index (κ1) is 16.2. The van der Waals surface area contributed by atoms with Crippen molar-refractivity contribution < 1.29 is 9.32 Å². The van der Waals surface area contributed by atoms with E-state index in [4.69, 9.17) is 10.3 Å². The largest absolute Gasteiger partial charge is 0.339 e. The molecule has 3 heterocycles. The fraction of sp³-hybridized carbons (Fsp3) is 0.556. The molecular formula is C18H23N5O2. The van der Waals surface area contributed by atoms with E-state index >= 15 is 0 Å². The van der Waals surface area contributed by atoms with Crippen LogP contribution in [-0.4, -0.2) is 39.0 Å². The third-order valence-corrected chi connectivity index (χ3v) is 5.37. The summed E-state index contributed by atoms with van der Waals surface area (Å²) >= 11 is 0. The first-order chi connectivity index (χ1) is 12.2. The van der Waals surface area contributed by atoms with Gasteiger partial charge in [0, 0.05) is 31.0 Å². The summed E-state index contributed by atoms with van der Waals surface area (Å²) in [6, 6.07) is 3.49. The smallest absolute Gasteiger partial charge is 0.253 e. The van der Waals surface area contributed by atoms with E-state index < -0.39 is 5.54 Å². The molecule has 132 valence electrons. The molecule has 7 heteroatoms. The highest BCUT2D eigenvalue weighted by atomic mass is 16.5. The van der Waals surface area contributed by atoms with Gasteiger partial charge in [-0.05, 0) is 37.8 Å². The minimum absolute atomic E-state index is 0.0259. The number of likely N-dealkylation sites (tertiary alicyclic amines) is 1. The predicted molar refractivity (Wildman–Crippen MR) is 90.7 cm³/mol. The molecule has 2 aliphatic rings. The maximum absolute atomic E-state index is 12.7. The van der Waals surface area contributed by atoms with Crippen LogP contribution in [-0.2, 0) is 5.54 Å². The highest BCUT2D eigenvalue weighted by molar-refractivity contribution is 5.94. The van der Waals surface area contributed by atoms with Crippen LogP contribution >= 0.6 is 0 Å². The molecule has 1 saturated carbocycles. The zero-order valence-electron chi connectivity index (χ0n) is 14.2. The van der Waals surface area contributed by atoms with Crippen LogP contribution in [0.25, 0.3) is 0 Å². The average Bonchev–Trinajstić information content (AvgIpc) is 3.32. The van der Waals surface area contributed by atoms with E-state index in [1.54, 1.807) is 24.5 Å². The Balaban J connectivity index is 1.48. The van der Waals surface area contributed by atoms with Crippen molar-refractivity contribution in [3.8, 4) is 0 Å². The van der Waals surface area contributed by atoms with Gasteiger partial charge in [-0.3, -0.25) is 9.78 Å². The van der Waals surface area contributed by atoms with Gasteiger partial charge in [-0.15, -0.1) is 0 Å². The normalized spacial score (nSPS) is 22.9. The van der Waals surface area contributed by atoms with Crippen LogP contribution in [0.3, 0.4) is 0 Å². The topological polar surface area (TPSA) is 98.1 Å². The number of rotatable bonds is 3. The van der Waals surface area contributed by atoms with Crippen molar-refractivity contribution in [3.05, 3.63) is 41.8 Å². The molecule has 2 aromatic rings. The molecule has 0 spiro atoms. The van der Waals surface area contributed by atoms with E-state index in [1.165, 1.54) is 0 Å². The number of carbonyl (C=O) groups excluding carboxylic acids is 1. The lowest BCUT2D eigenvalue weighted by molar-refractivity contribution is 0.0695. The third-order valence-electron chi connectivity index (χ3n) is 5.37. The van der Waals surface area contributed by atoms with E-state index in [2.05, 4.69) is 15.1 Å². The van der Waals surface area contributed by atoms with Crippen LogP contribution in [0.1, 0.15) is 66.5 Å². The van der Waals surface area contributed by atoms with Gasteiger partial charge in [0.05, 0.1) is 11.5 Å². The number of nitrogens with two attached hydrogens (primary N) is 1. The van der Waals surface area contributed by atoms with Gasteiger partial charge >= 0.3 is 0 Å². The Morgan fingerprint density at radius 3 is 2.76 bits per heavy atom. The molecule has 25 heavy (non-hydrogen) atoms. The molecule has 1 atom stereocenters. The average molecular weight is 341 g/mol. The Hall–Kier alpha value is -2.28. The minimum atomic E-state index is -0.442. The van der Waals surface area contributed by atoms with E-state index in [0.717, 1.165) is 45.1 Å². The van der Waals surface area contributed by atoms with Crippen molar-refractivity contribution in [1.82, 2.24) is 20.0 Å². The molecule has 4 rings (SSSR count). The van der Waals surface area contributed by atoms with Gasteiger partial charge in [0.25, 0.3) is 5.91 Å². The number of piperidine rings is 1. The van der Waals surface area contributed by atoms with E-state index in [1.807, 2.05) is 4.90 Å². The van der Waals surface area contributed by atoms with Gasteiger partial charge in [0.2, 0.25) is 5.89 Å². The molecule has 0 radical (unpaired) electrons. The second-order valence-electron chi connectivity index (χ2n) is 7.15. The monoisotopic (exact) mass is 341 g/mol. The van der Waals surface area contributed by atoms with Gasteiger partial charge < -0.3 is 15.2 Å². The quantitative estimate of drug-likeness (QED) is 0.919. The van der Waals surface area contributed by atoms with E-state index in [9.17, 15) is 4.79 Å². The van der Waals surface area contributed by atoms with Gasteiger partial charge in [-0.25, -0.2) is 0 Å². The van der Waals surface area contributed by atoms with Crippen LogP contribution in [0.4, 0.5) is 0 Å². The fourth-order valence-corrected chi connectivity index (χ4v) is 3.87. The molecule has 1 amide bonds. The molecule has 2 aromatic heterocycles. The second kappa shape index (κ2) is 6.55. The number of pyridine rings is 1. The summed E-state index contributed by atoms with van der Waals surface area (Å²) in [7, 11) is 0. The summed E-state index contributed by atoms with van der Waals surface area (Å²) in [6.07, 6.45) is 9.18. The van der Waals surface area contributed by atoms with Crippen molar-refractivity contribution in [2.24, 2.45) is 5.73 Å². The van der Waals surface area contributed by atoms with E-state index in [0.29, 0.717) is 23.8 Å². The minimum Gasteiger partial charge on any atom is -0.339 e. The molecule has 1 unspecified atom stereocenters. The molecule has 0 bridgehead atoms. The number of aromatic nitrogens is 3. The van der Waals surface area contributed by atoms with Gasteiger partial charge in [-0.2, -0.15) is 4.98 Å². The van der Waals surface area contributed by atoms with Crippen molar-refractivity contribution in [1.29, 1.82) is 0 Å². The first-order valence-corrected chi connectivity index (χ1v) is 8.98. The number of hydrogen-bond donors (Lipinski definition) is 1. The lowest BCUT2D eigenvalue weighted by atomic mass is 9.96. The predicted octanol–water partition coefficient (Wildman–Crippen LogP) is 2.21.